The number of ether oxygens (including phenoxy) is 2. The molecular formula is C18H20Cl2N2O3S. The van der Waals surface area contributed by atoms with E-state index in [1.54, 1.807) is 19.2 Å². The fourth-order valence-electron chi connectivity index (χ4n) is 3.07. The second-order valence-electron chi connectivity index (χ2n) is 6.25. The summed E-state index contributed by atoms with van der Waals surface area (Å²) in [5.74, 6) is -0.416. The second kappa shape index (κ2) is 8.13. The Morgan fingerprint density at radius 3 is 2.73 bits per heavy atom. The number of carbonyl (C=O) groups excluding carboxylic acids is 1. The van der Waals surface area contributed by atoms with Crippen LogP contribution in [0.25, 0.3) is 0 Å². The van der Waals surface area contributed by atoms with E-state index in [2.05, 4.69) is 5.32 Å². The van der Waals surface area contributed by atoms with E-state index < -0.39 is 12.0 Å². The molecule has 1 unspecified atom stereocenters. The molecule has 3 rings (SSSR count). The highest BCUT2D eigenvalue weighted by atomic mass is 35.5. The van der Waals surface area contributed by atoms with Crippen molar-refractivity contribution in [3.05, 3.63) is 45.1 Å². The molecule has 26 heavy (non-hydrogen) atoms. The number of methoxy groups -OCH3 is 1. The highest BCUT2D eigenvalue weighted by Gasteiger charge is 2.41. The van der Waals surface area contributed by atoms with Crippen LogP contribution in [0.4, 0.5) is 0 Å². The lowest BCUT2D eigenvalue weighted by atomic mass is 9.95. The van der Waals surface area contributed by atoms with Gasteiger partial charge in [-0.25, -0.2) is 4.79 Å². The van der Waals surface area contributed by atoms with Crippen LogP contribution >= 0.6 is 35.4 Å². The SMILES string of the molecule is COCCOC(=O)C1=C(C)N(C2CC2)C(=S)NC1c1cccc(Cl)c1Cl. The molecular weight excluding hydrogens is 395 g/mol. The average molecular weight is 415 g/mol. The Morgan fingerprint density at radius 2 is 2.08 bits per heavy atom. The Hall–Kier alpha value is -1.34. The van der Waals surface area contributed by atoms with Crippen LogP contribution in [0.2, 0.25) is 10.0 Å². The van der Waals surface area contributed by atoms with E-state index >= 15 is 0 Å². The zero-order valence-electron chi connectivity index (χ0n) is 14.6. The van der Waals surface area contributed by atoms with Gasteiger partial charge in [0.2, 0.25) is 0 Å². The largest absolute Gasteiger partial charge is 0.460 e. The molecule has 2 aliphatic rings. The van der Waals surface area contributed by atoms with Crippen LogP contribution in [0, 0.1) is 0 Å². The van der Waals surface area contributed by atoms with Crippen LogP contribution in [0.3, 0.4) is 0 Å². The molecule has 1 fully saturated rings. The minimum atomic E-state index is -0.515. The number of nitrogens with one attached hydrogen (secondary N) is 1. The Morgan fingerprint density at radius 1 is 1.35 bits per heavy atom. The molecule has 140 valence electrons. The first-order chi connectivity index (χ1) is 12.5. The number of allylic oxidation sites excluding steroid dienone is 1. The third kappa shape index (κ3) is 3.83. The van der Waals surface area contributed by atoms with Gasteiger partial charge in [-0.1, -0.05) is 35.3 Å². The first kappa shape index (κ1) is 19.4. The molecule has 0 amide bonds. The van der Waals surface area contributed by atoms with Gasteiger partial charge in [0.05, 0.1) is 28.3 Å². The van der Waals surface area contributed by atoms with E-state index in [-0.39, 0.29) is 6.61 Å². The summed E-state index contributed by atoms with van der Waals surface area (Å²) < 4.78 is 10.4. The maximum Gasteiger partial charge on any atom is 0.338 e. The molecule has 0 aromatic heterocycles. The van der Waals surface area contributed by atoms with Gasteiger partial charge in [-0.05, 0) is 43.6 Å². The van der Waals surface area contributed by atoms with Gasteiger partial charge >= 0.3 is 5.97 Å². The van der Waals surface area contributed by atoms with E-state index in [0.717, 1.165) is 18.5 Å². The average Bonchev–Trinajstić information content (AvgIpc) is 3.42. The maximum absolute atomic E-state index is 12.8. The molecule has 1 aromatic carbocycles. The Labute approximate surface area is 168 Å². The molecule has 5 nitrogen and oxygen atoms in total. The monoisotopic (exact) mass is 414 g/mol. The van der Waals surface area contributed by atoms with Crippen molar-refractivity contribution in [3.8, 4) is 0 Å². The molecule has 1 heterocycles. The summed E-state index contributed by atoms with van der Waals surface area (Å²) in [5, 5.41) is 4.65. The lowest BCUT2D eigenvalue weighted by Crippen LogP contribution is -2.48. The third-order valence-electron chi connectivity index (χ3n) is 4.47. The number of thiocarbonyl (C=S) groups is 1. The summed E-state index contributed by atoms with van der Waals surface area (Å²) in [4.78, 5) is 14.8. The third-order valence-corrected chi connectivity index (χ3v) is 5.62. The van der Waals surface area contributed by atoms with Crippen LogP contribution < -0.4 is 5.32 Å². The van der Waals surface area contributed by atoms with Crippen molar-refractivity contribution < 1.29 is 14.3 Å². The number of hydrogen-bond donors (Lipinski definition) is 1. The predicted octanol–water partition coefficient (Wildman–Crippen LogP) is 3.85. The summed E-state index contributed by atoms with van der Waals surface area (Å²) in [6.45, 7) is 2.40. The quantitative estimate of drug-likeness (QED) is 0.433. The Balaban J connectivity index is 2.02. The number of halogens is 2. The molecule has 0 radical (unpaired) electrons. The van der Waals surface area contributed by atoms with E-state index in [1.807, 2.05) is 17.9 Å². The van der Waals surface area contributed by atoms with Crippen molar-refractivity contribution in [2.75, 3.05) is 20.3 Å². The first-order valence-electron chi connectivity index (χ1n) is 8.36. The van der Waals surface area contributed by atoms with Gasteiger partial charge in [0, 0.05) is 18.8 Å². The van der Waals surface area contributed by atoms with Gasteiger partial charge < -0.3 is 19.7 Å². The Kier molecular flexibility index (Phi) is 6.07. The highest BCUT2D eigenvalue weighted by Crippen LogP contribution is 2.40. The van der Waals surface area contributed by atoms with Crippen molar-refractivity contribution in [1.82, 2.24) is 10.2 Å². The molecule has 1 atom stereocenters. The molecule has 1 aliphatic heterocycles. The van der Waals surface area contributed by atoms with Crippen LogP contribution in [-0.4, -0.2) is 42.3 Å². The first-order valence-corrected chi connectivity index (χ1v) is 9.52. The second-order valence-corrected chi connectivity index (χ2v) is 7.43. The van der Waals surface area contributed by atoms with E-state index in [9.17, 15) is 4.79 Å². The minimum Gasteiger partial charge on any atom is -0.460 e. The molecule has 0 bridgehead atoms. The number of rotatable bonds is 6. The van der Waals surface area contributed by atoms with Gasteiger partial charge in [0.1, 0.15) is 6.61 Å². The molecule has 1 saturated carbocycles. The summed E-state index contributed by atoms with van der Waals surface area (Å²) in [5.41, 5.74) is 1.97. The van der Waals surface area contributed by atoms with Crippen LogP contribution in [0.1, 0.15) is 31.4 Å². The zero-order chi connectivity index (χ0) is 18.8. The lowest BCUT2D eigenvalue weighted by molar-refractivity contribution is -0.140. The van der Waals surface area contributed by atoms with Gasteiger partial charge in [-0.15, -0.1) is 0 Å². The lowest BCUT2D eigenvalue weighted by Gasteiger charge is -2.38. The minimum absolute atomic E-state index is 0.177. The van der Waals surface area contributed by atoms with Crippen molar-refractivity contribution in [1.29, 1.82) is 0 Å². The molecule has 1 aromatic rings. The molecule has 8 heteroatoms. The van der Waals surface area contributed by atoms with E-state index in [0.29, 0.717) is 38.9 Å². The van der Waals surface area contributed by atoms with E-state index in [1.165, 1.54) is 0 Å². The number of carbonyl (C=O) groups is 1. The van der Waals surface area contributed by atoms with Gasteiger partial charge in [-0.3, -0.25) is 0 Å². The van der Waals surface area contributed by atoms with Crippen molar-refractivity contribution in [3.63, 3.8) is 0 Å². The van der Waals surface area contributed by atoms with Gasteiger partial charge in [-0.2, -0.15) is 0 Å². The molecule has 0 saturated heterocycles. The molecule has 0 spiro atoms. The fraction of sp³-hybridized carbons (Fsp3) is 0.444. The fourth-order valence-corrected chi connectivity index (χ4v) is 3.89. The smallest absolute Gasteiger partial charge is 0.338 e. The zero-order valence-corrected chi connectivity index (χ0v) is 16.9. The van der Waals surface area contributed by atoms with Crippen molar-refractivity contribution in [2.45, 2.75) is 31.8 Å². The highest BCUT2D eigenvalue weighted by molar-refractivity contribution is 7.80. The van der Waals surface area contributed by atoms with E-state index in [4.69, 9.17) is 44.9 Å². The van der Waals surface area contributed by atoms with Gasteiger partial charge in [0.15, 0.2) is 5.11 Å². The topological polar surface area (TPSA) is 50.8 Å². The van der Waals surface area contributed by atoms with Crippen molar-refractivity contribution in [2.24, 2.45) is 0 Å². The molecule has 1 N–H and O–H groups in total. The van der Waals surface area contributed by atoms with Crippen LogP contribution in [-0.2, 0) is 14.3 Å². The van der Waals surface area contributed by atoms with Crippen LogP contribution in [0.15, 0.2) is 29.5 Å². The summed E-state index contributed by atoms with van der Waals surface area (Å²) >= 11 is 18.1. The Bertz CT molecular complexity index is 765. The summed E-state index contributed by atoms with van der Waals surface area (Å²) in [7, 11) is 1.56. The van der Waals surface area contributed by atoms with Gasteiger partial charge in [0.25, 0.3) is 0 Å². The summed E-state index contributed by atoms with van der Waals surface area (Å²) in [6, 6.07) is 5.14. The predicted molar refractivity (Wildman–Crippen MR) is 105 cm³/mol. The number of hydrogen-bond acceptors (Lipinski definition) is 4. The van der Waals surface area contributed by atoms with Crippen molar-refractivity contribution >= 4 is 46.5 Å². The molecule has 1 aliphatic carbocycles. The number of nitrogens with zero attached hydrogens (tertiary/aromatic N) is 1. The summed E-state index contributed by atoms with van der Waals surface area (Å²) in [6.07, 6.45) is 2.10. The standard InChI is InChI=1S/C18H20Cl2N2O3S/c1-10-14(17(23)25-9-8-24-2)16(12-4-3-5-13(19)15(12)20)21-18(26)22(10)11-6-7-11/h3-5,11,16H,6-9H2,1-2H3,(H,21,26). The van der Waals surface area contributed by atoms with Crippen LogP contribution in [0.5, 0.6) is 0 Å². The number of esters is 1. The normalized spacial score (nSPS) is 20.2. The maximum atomic E-state index is 12.8. The number of benzene rings is 1.